The van der Waals surface area contributed by atoms with Gasteiger partial charge in [0.25, 0.3) is 5.91 Å². The number of aryl methyl sites for hydroxylation is 1. The highest BCUT2D eigenvalue weighted by Crippen LogP contribution is 2.24. The molecule has 1 unspecified atom stereocenters. The van der Waals surface area contributed by atoms with Gasteiger partial charge in [-0.1, -0.05) is 37.3 Å². The van der Waals surface area contributed by atoms with Gasteiger partial charge in [0.15, 0.2) is 0 Å². The molecule has 1 aromatic carbocycles. The van der Waals surface area contributed by atoms with Crippen molar-refractivity contribution in [2.24, 2.45) is 0 Å². The number of hydrogen-bond donors (Lipinski definition) is 1. The third-order valence-corrected chi connectivity index (χ3v) is 4.16. The van der Waals surface area contributed by atoms with E-state index in [0.717, 1.165) is 19.5 Å². The number of halogens is 2. The number of piperazine rings is 1. The lowest BCUT2D eigenvalue weighted by molar-refractivity contribution is 0.0628. The summed E-state index contributed by atoms with van der Waals surface area (Å²) in [5.74, 6) is 0.00617. The molecule has 2 heterocycles. The summed E-state index contributed by atoms with van der Waals surface area (Å²) in [6.07, 6.45) is 2.69. The largest absolute Gasteiger partial charge is 0.328 e. The summed E-state index contributed by atoms with van der Waals surface area (Å²) in [5.41, 5.74) is 3.00. The Labute approximate surface area is 155 Å². The van der Waals surface area contributed by atoms with Gasteiger partial charge in [-0.15, -0.1) is 24.8 Å². The quantitative estimate of drug-likeness (QED) is 0.905. The van der Waals surface area contributed by atoms with Crippen LogP contribution in [0.3, 0.4) is 0 Å². The van der Waals surface area contributed by atoms with Crippen LogP contribution >= 0.6 is 24.8 Å². The van der Waals surface area contributed by atoms with Crippen LogP contribution in [0.15, 0.2) is 48.7 Å². The number of amides is 1. The average Bonchev–Trinajstić information content (AvgIpc) is 2.62. The maximum absolute atomic E-state index is 12.7. The van der Waals surface area contributed by atoms with E-state index in [0.29, 0.717) is 12.2 Å². The van der Waals surface area contributed by atoms with Crippen molar-refractivity contribution in [2.75, 3.05) is 19.6 Å². The highest BCUT2D eigenvalue weighted by atomic mass is 35.5. The first-order chi connectivity index (χ1) is 10.8. The van der Waals surface area contributed by atoms with E-state index in [2.05, 4.69) is 41.5 Å². The zero-order valence-electron chi connectivity index (χ0n) is 13.6. The summed E-state index contributed by atoms with van der Waals surface area (Å²) in [5, 5.41) is 3.38. The Bertz CT molecular complexity index is 634. The third kappa shape index (κ3) is 4.47. The molecule has 0 bridgehead atoms. The van der Waals surface area contributed by atoms with Crippen LogP contribution in [0.25, 0.3) is 0 Å². The highest BCUT2D eigenvalue weighted by Gasteiger charge is 2.29. The fourth-order valence-electron chi connectivity index (χ4n) is 2.86. The minimum Gasteiger partial charge on any atom is -0.328 e. The molecular formula is C18H23Cl2N3O. The topological polar surface area (TPSA) is 45.2 Å². The first kappa shape index (κ1) is 20.4. The van der Waals surface area contributed by atoms with E-state index in [-0.39, 0.29) is 36.8 Å². The van der Waals surface area contributed by atoms with Crippen molar-refractivity contribution in [3.8, 4) is 0 Å². The van der Waals surface area contributed by atoms with Gasteiger partial charge in [0, 0.05) is 25.8 Å². The number of hydrogen-bond acceptors (Lipinski definition) is 3. The van der Waals surface area contributed by atoms with Crippen molar-refractivity contribution in [2.45, 2.75) is 19.4 Å². The minimum absolute atomic E-state index is 0. The third-order valence-electron chi connectivity index (χ3n) is 4.16. The second-order valence-electron chi connectivity index (χ2n) is 5.53. The molecule has 6 heteroatoms. The zero-order chi connectivity index (χ0) is 15.4. The number of pyridine rings is 1. The van der Waals surface area contributed by atoms with Gasteiger partial charge in [-0.2, -0.15) is 0 Å². The predicted octanol–water partition coefficient (Wildman–Crippen LogP) is 3.27. The van der Waals surface area contributed by atoms with Gasteiger partial charge in [0.05, 0.1) is 6.04 Å². The number of nitrogens with one attached hydrogen (secondary N) is 1. The first-order valence-electron chi connectivity index (χ1n) is 7.81. The van der Waals surface area contributed by atoms with Gasteiger partial charge >= 0.3 is 0 Å². The van der Waals surface area contributed by atoms with E-state index >= 15 is 0 Å². The smallest absolute Gasteiger partial charge is 0.273 e. The molecule has 1 atom stereocenters. The van der Waals surface area contributed by atoms with Gasteiger partial charge in [-0.3, -0.25) is 9.78 Å². The molecule has 0 saturated carbocycles. The van der Waals surface area contributed by atoms with Crippen molar-refractivity contribution in [1.82, 2.24) is 15.2 Å². The molecule has 130 valence electrons. The van der Waals surface area contributed by atoms with E-state index in [1.165, 1.54) is 11.1 Å². The number of carbonyl (C=O) groups excluding carboxylic acids is 1. The number of benzene rings is 1. The van der Waals surface area contributed by atoms with Crippen LogP contribution in [0.5, 0.6) is 0 Å². The van der Waals surface area contributed by atoms with Crippen molar-refractivity contribution in [1.29, 1.82) is 0 Å². The molecule has 1 aliphatic rings. The number of rotatable bonds is 3. The normalized spacial score (nSPS) is 16.7. The summed E-state index contributed by atoms with van der Waals surface area (Å²) >= 11 is 0. The molecule has 2 aromatic rings. The van der Waals surface area contributed by atoms with E-state index in [1.54, 1.807) is 12.3 Å². The van der Waals surface area contributed by atoms with Gasteiger partial charge in [-0.05, 0) is 29.7 Å². The standard InChI is InChI=1S/C18H21N3O.2ClH/c1-2-14-6-8-15(9-7-14)17-13-19-11-12-21(17)18(22)16-5-3-4-10-20-16;;/h3-10,17,19H,2,11-13H2,1H3;2*1H. The maximum Gasteiger partial charge on any atom is 0.273 e. The fraction of sp³-hybridized carbons (Fsp3) is 0.333. The molecule has 1 saturated heterocycles. The molecule has 24 heavy (non-hydrogen) atoms. The number of carbonyl (C=O) groups is 1. The Balaban J connectivity index is 0.00000144. The summed E-state index contributed by atoms with van der Waals surface area (Å²) in [7, 11) is 0. The lowest BCUT2D eigenvalue weighted by atomic mass is 10.0. The summed E-state index contributed by atoms with van der Waals surface area (Å²) in [6, 6.07) is 14.1. The first-order valence-corrected chi connectivity index (χ1v) is 7.81. The highest BCUT2D eigenvalue weighted by molar-refractivity contribution is 5.92. The zero-order valence-corrected chi connectivity index (χ0v) is 15.3. The molecule has 4 nitrogen and oxygen atoms in total. The predicted molar refractivity (Wildman–Crippen MR) is 101 cm³/mol. The van der Waals surface area contributed by atoms with Gasteiger partial charge < -0.3 is 10.2 Å². The molecule has 3 rings (SSSR count). The molecule has 1 aromatic heterocycles. The Morgan fingerprint density at radius 1 is 1.21 bits per heavy atom. The average molecular weight is 368 g/mol. The summed E-state index contributed by atoms with van der Waals surface area (Å²) in [6.45, 7) is 4.45. The van der Waals surface area contributed by atoms with Crippen LogP contribution in [-0.4, -0.2) is 35.4 Å². The van der Waals surface area contributed by atoms with E-state index in [9.17, 15) is 4.79 Å². The number of nitrogens with zero attached hydrogens (tertiary/aromatic N) is 2. The molecule has 0 spiro atoms. The Hall–Kier alpha value is -1.62. The van der Waals surface area contributed by atoms with Gasteiger partial charge in [0.1, 0.15) is 5.69 Å². The van der Waals surface area contributed by atoms with Gasteiger partial charge in [-0.25, -0.2) is 0 Å². The molecule has 1 N–H and O–H groups in total. The molecular weight excluding hydrogens is 345 g/mol. The lowest BCUT2D eigenvalue weighted by Gasteiger charge is -2.36. The maximum atomic E-state index is 12.7. The van der Waals surface area contributed by atoms with Crippen LogP contribution in [0.1, 0.15) is 34.6 Å². The van der Waals surface area contributed by atoms with Gasteiger partial charge in [0.2, 0.25) is 0 Å². The second-order valence-corrected chi connectivity index (χ2v) is 5.53. The second kappa shape index (κ2) is 9.62. The van der Waals surface area contributed by atoms with Crippen molar-refractivity contribution < 1.29 is 4.79 Å². The SMILES string of the molecule is CCc1ccc(C2CNCCN2C(=O)c2ccccn2)cc1.Cl.Cl. The van der Waals surface area contributed by atoms with Crippen LogP contribution in [-0.2, 0) is 6.42 Å². The summed E-state index contributed by atoms with van der Waals surface area (Å²) in [4.78, 5) is 18.9. The lowest BCUT2D eigenvalue weighted by Crippen LogP contribution is -2.48. The Morgan fingerprint density at radius 3 is 2.58 bits per heavy atom. The van der Waals surface area contributed by atoms with Crippen molar-refractivity contribution in [3.05, 3.63) is 65.5 Å². The molecule has 1 aliphatic heterocycles. The van der Waals surface area contributed by atoms with Crippen LogP contribution in [0.2, 0.25) is 0 Å². The monoisotopic (exact) mass is 367 g/mol. The number of aromatic nitrogens is 1. The minimum atomic E-state index is 0. The van der Waals surface area contributed by atoms with Crippen LogP contribution < -0.4 is 5.32 Å². The van der Waals surface area contributed by atoms with E-state index < -0.39 is 0 Å². The van der Waals surface area contributed by atoms with E-state index in [4.69, 9.17) is 0 Å². The molecule has 1 amide bonds. The molecule has 0 aliphatic carbocycles. The Kier molecular flexibility index (Phi) is 8.19. The fourth-order valence-corrected chi connectivity index (χ4v) is 2.86. The Morgan fingerprint density at radius 2 is 1.96 bits per heavy atom. The van der Waals surface area contributed by atoms with Crippen LogP contribution in [0, 0.1) is 0 Å². The molecule has 0 radical (unpaired) electrons. The van der Waals surface area contributed by atoms with E-state index in [1.807, 2.05) is 17.0 Å². The van der Waals surface area contributed by atoms with Crippen molar-refractivity contribution in [3.63, 3.8) is 0 Å². The molecule has 1 fully saturated rings. The van der Waals surface area contributed by atoms with Crippen molar-refractivity contribution >= 4 is 30.7 Å². The van der Waals surface area contributed by atoms with Crippen LogP contribution in [0.4, 0.5) is 0 Å². The summed E-state index contributed by atoms with van der Waals surface area (Å²) < 4.78 is 0.